The van der Waals surface area contributed by atoms with Crippen molar-refractivity contribution in [3.8, 4) is 0 Å². The molecule has 0 amide bonds. The van der Waals surface area contributed by atoms with Crippen molar-refractivity contribution < 1.29 is 9.90 Å². The highest BCUT2D eigenvalue weighted by Crippen LogP contribution is 2.48. The van der Waals surface area contributed by atoms with E-state index in [0.29, 0.717) is 6.42 Å². The van der Waals surface area contributed by atoms with Crippen LogP contribution in [0.3, 0.4) is 0 Å². The summed E-state index contributed by atoms with van der Waals surface area (Å²) in [6.45, 7) is 19.2. The summed E-state index contributed by atoms with van der Waals surface area (Å²) in [5, 5.41) is 9.21. The third kappa shape index (κ3) is 7.15. The number of rotatable bonds is 11. The number of benzene rings is 3. The number of aliphatic carboxylic acids is 1. The number of anilines is 1. The summed E-state index contributed by atoms with van der Waals surface area (Å²) in [7, 11) is 0. The van der Waals surface area contributed by atoms with Gasteiger partial charge in [-0.2, -0.15) is 0 Å². The van der Waals surface area contributed by atoms with Gasteiger partial charge in [0.05, 0.1) is 0 Å². The summed E-state index contributed by atoms with van der Waals surface area (Å²) in [6, 6.07) is 26.0. The fourth-order valence-electron chi connectivity index (χ4n) is 7.36. The SMILES string of the molecule is C=C(/C=C/C1=C(c2ccc(CCC(=O)O)cc2)C(=C/C=C2/N(CCC)c3ccccc3C2(C)C)/CCC1)C(C)(C)c1ccccc1C. The number of carbonyl (C=O) groups is 1. The first-order chi connectivity index (χ1) is 22.4. The molecule has 1 heterocycles. The molecule has 3 aromatic carbocycles. The van der Waals surface area contributed by atoms with E-state index < -0.39 is 5.97 Å². The third-order valence-electron chi connectivity index (χ3n) is 10.2. The Labute approximate surface area is 282 Å². The Morgan fingerprint density at radius 3 is 2.38 bits per heavy atom. The van der Waals surface area contributed by atoms with Crippen LogP contribution >= 0.6 is 0 Å². The lowest BCUT2D eigenvalue weighted by molar-refractivity contribution is -0.136. The van der Waals surface area contributed by atoms with E-state index in [9.17, 15) is 9.90 Å². The third-order valence-corrected chi connectivity index (χ3v) is 10.2. The molecule has 244 valence electrons. The number of fused-ring (bicyclic) bond motifs is 1. The summed E-state index contributed by atoms with van der Waals surface area (Å²) in [4.78, 5) is 13.7. The van der Waals surface area contributed by atoms with Crippen molar-refractivity contribution in [1.82, 2.24) is 0 Å². The first-order valence-electron chi connectivity index (χ1n) is 17.2. The van der Waals surface area contributed by atoms with Crippen LogP contribution in [-0.2, 0) is 22.0 Å². The monoisotopic (exact) mass is 625 g/mol. The van der Waals surface area contributed by atoms with Gasteiger partial charge in [0.1, 0.15) is 0 Å². The molecule has 0 radical (unpaired) electrons. The van der Waals surface area contributed by atoms with Crippen LogP contribution in [0.2, 0.25) is 0 Å². The molecule has 0 saturated heterocycles. The molecule has 1 aliphatic heterocycles. The van der Waals surface area contributed by atoms with Crippen LogP contribution in [0.4, 0.5) is 5.69 Å². The molecule has 0 spiro atoms. The standard InChI is InChI=1S/C44H51NO2/c1-8-30-45-39-19-12-11-18-38(39)44(6,7)40(45)28-27-35-16-13-15-34(42(35)36-25-21-33(22-26-36)23-29-41(46)47)24-20-32(3)43(4,5)37-17-10-9-14-31(37)2/h9-12,14,17-22,24-28H,3,8,13,15-16,23,29-30H2,1-2,4-7H3,(H,46,47)/b24-20+,35-27+,40-28+. The molecule has 0 bridgehead atoms. The van der Waals surface area contributed by atoms with E-state index in [2.05, 4.69) is 150 Å². The van der Waals surface area contributed by atoms with Crippen molar-refractivity contribution in [2.24, 2.45) is 0 Å². The van der Waals surface area contributed by atoms with Crippen LogP contribution in [0.15, 0.2) is 126 Å². The molecule has 0 fully saturated rings. The number of carboxylic acids is 1. The number of hydrogen-bond acceptors (Lipinski definition) is 2. The van der Waals surface area contributed by atoms with Gasteiger partial charge < -0.3 is 10.0 Å². The topological polar surface area (TPSA) is 40.5 Å². The minimum atomic E-state index is -0.766. The lowest BCUT2D eigenvalue weighted by Gasteiger charge is -2.29. The van der Waals surface area contributed by atoms with Crippen molar-refractivity contribution in [3.63, 3.8) is 0 Å². The van der Waals surface area contributed by atoms with Crippen LogP contribution in [0.1, 0.15) is 94.5 Å². The number of para-hydroxylation sites is 1. The predicted octanol–water partition coefficient (Wildman–Crippen LogP) is 11.1. The molecule has 3 heteroatoms. The molecule has 3 nitrogen and oxygen atoms in total. The van der Waals surface area contributed by atoms with Crippen molar-refractivity contribution in [2.45, 2.75) is 90.9 Å². The molecular weight excluding hydrogens is 574 g/mol. The maximum absolute atomic E-state index is 11.2. The molecule has 47 heavy (non-hydrogen) atoms. The number of nitrogens with zero attached hydrogens (tertiary/aromatic N) is 1. The van der Waals surface area contributed by atoms with E-state index in [0.717, 1.165) is 43.4 Å². The Bertz CT molecular complexity index is 1760. The van der Waals surface area contributed by atoms with Crippen molar-refractivity contribution in [3.05, 3.63) is 154 Å². The number of hydrogen-bond donors (Lipinski definition) is 1. The number of aryl methyl sites for hydroxylation is 2. The van der Waals surface area contributed by atoms with E-state index in [1.54, 1.807) is 0 Å². The summed E-state index contributed by atoms with van der Waals surface area (Å²) in [5.41, 5.74) is 13.6. The van der Waals surface area contributed by atoms with Crippen LogP contribution in [-0.4, -0.2) is 17.6 Å². The van der Waals surface area contributed by atoms with Crippen molar-refractivity contribution >= 4 is 17.2 Å². The second-order valence-corrected chi connectivity index (χ2v) is 14.2. The Morgan fingerprint density at radius 2 is 1.68 bits per heavy atom. The highest BCUT2D eigenvalue weighted by molar-refractivity contribution is 5.84. The first-order valence-corrected chi connectivity index (χ1v) is 17.2. The van der Waals surface area contributed by atoms with Gasteiger partial charge in [0.2, 0.25) is 0 Å². The minimum absolute atomic E-state index is 0.0885. The van der Waals surface area contributed by atoms with Crippen molar-refractivity contribution in [1.29, 1.82) is 0 Å². The average molecular weight is 626 g/mol. The molecule has 0 atom stereocenters. The van der Waals surface area contributed by atoms with Gasteiger partial charge >= 0.3 is 5.97 Å². The van der Waals surface area contributed by atoms with E-state index in [1.165, 1.54) is 50.4 Å². The van der Waals surface area contributed by atoms with Gasteiger partial charge in [-0.25, -0.2) is 0 Å². The Kier molecular flexibility index (Phi) is 10.2. The molecule has 0 saturated carbocycles. The zero-order valence-electron chi connectivity index (χ0n) is 29.2. The van der Waals surface area contributed by atoms with Crippen LogP contribution in [0.25, 0.3) is 5.57 Å². The van der Waals surface area contributed by atoms with E-state index in [4.69, 9.17) is 0 Å². The van der Waals surface area contributed by atoms with E-state index in [-0.39, 0.29) is 17.3 Å². The lowest BCUT2D eigenvalue weighted by atomic mass is 9.75. The van der Waals surface area contributed by atoms with Gasteiger partial charge in [-0.1, -0.05) is 126 Å². The summed E-state index contributed by atoms with van der Waals surface area (Å²) in [6.07, 6.45) is 14.1. The molecule has 1 aliphatic carbocycles. The Balaban J connectivity index is 1.58. The number of allylic oxidation sites excluding steroid dienone is 9. The van der Waals surface area contributed by atoms with Crippen molar-refractivity contribution in [2.75, 3.05) is 11.4 Å². The quantitative estimate of drug-likeness (QED) is 0.216. The van der Waals surface area contributed by atoms with Gasteiger partial charge in [-0.3, -0.25) is 4.79 Å². The highest BCUT2D eigenvalue weighted by Gasteiger charge is 2.39. The van der Waals surface area contributed by atoms with Crippen LogP contribution in [0, 0.1) is 6.92 Å². The smallest absolute Gasteiger partial charge is 0.303 e. The number of carboxylic acid groups (broad SMARTS) is 1. The second kappa shape index (κ2) is 14.2. The van der Waals surface area contributed by atoms with Gasteiger partial charge in [0.25, 0.3) is 0 Å². The first kappa shape index (κ1) is 34.0. The largest absolute Gasteiger partial charge is 0.481 e. The molecule has 3 aromatic rings. The van der Waals surface area contributed by atoms with E-state index >= 15 is 0 Å². The predicted molar refractivity (Wildman–Crippen MR) is 199 cm³/mol. The second-order valence-electron chi connectivity index (χ2n) is 14.2. The summed E-state index contributed by atoms with van der Waals surface area (Å²) < 4.78 is 0. The fraction of sp³-hybridized carbons (Fsp3) is 0.341. The molecule has 2 aliphatic rings. The molecular formula is C44H51NO2. The summed E-state index contributed by atoms with van der Waals surface area (Å²) >= 11 is 0. The maximum atomic E-state index is 11.2. The van der Waals surface area contributed by atoms with Crippen LogP contribution in [0.5, 0.6) is 0 Å². The zero-order valence-corrected chi connectivity index (χ0v) is 29.2. The lowest BCUT2D eigenvalue weighted by Crippen LogP contribution is -2.26. The summed E-state index contributed by atoms with van der Waals surface area (Å²) in [5.74, 6) is -0.766. The van der Waals surface area contributed by atoms with Gasteiger partial charge in [-0.15, -0.1) is 0 Å². The van der Waals surface area contributed by atoms with E-state index in [1.807, 2.05) is 0 Å². The van der Waals surface area contributed by atoms with Gasteiger partial charge in [0.15, 0.2) is 0 Å². The molecule has 0 aromatic heterocycles. The highest BCUT2D eigenvalue weighted by atomic mass is 16.4. The van der Waals surface area contributed by atoms with Crippen LogP contribution < -0.4 is 4.90 Å². The Morgan fingerprint density at radius 1 is 0.979 bits per heavy atom. The molecule has 5 rings (SSSR count). The average Bonchev–Trinajstić information content (AvgIpc) is 3.27. The van der Waals surface area contributed by atoms with Gasteiger partial charge in [-0.05, 0) is 101 Å². The zero-order chi connectivity index (χ0) is 33.8. The Hall–Kier alpha value is -4.37. The fourth-order valence-corrected chi connectivity index (χ4v) is 7.36. The van der Waals surface area contributed by atoms with Gasteiger partial charge in [0, 0.05) is 35.2 Å². The molecule has 1 N–H and O–H groups in total. The maximum Gasteiger partial charge on any atom is 0.303 e. The minimum Gasteiger partial charge on any atom is -0.481 e. The normalized spacial score (nSPS) is 18.0. The molecule has 0 unspecified atom stereocenters.